The van der Waals surface area contributed by atoms with Crippen molar-refractivity contribution in [3.05, 3.63) is 103 Å². The third-order valence-electron chi connectivity index (χ3n) is 11.2. The summed E-state index contributed by atoms with van der Waals surface area (Å²) in [5, 5.41) is 10.4. The largest absolute Gasteiger partial charge is 1.00 e. The minimum Gasteiger partial charge on any atom is -0.790 e. The maximum atomic E-state index is 12.7. The topological polar surface area (TPSA) is 214 Å². The van der Waals surface area contributed by atoms with Crippen molar-refractivity contribution < 1.29 is 61.9 Å². The molecule has 4 rings (SSSR count). The van der Waals surface area contributed by atoms with E-state index < -0.39 is 12.9 Å². The van der Waals surface area contributed by atoms with E-state index >= 15 is 0 Å². The van der Waals surface area contributed by atoms with Gasteiger partial charge in [0.05, 0.1) is 13.3 Å². The van der Waals surface area contributed by atoms with E-state index in [4.69, 9.17) is 0 Å². The summed E-state index contributed by atoms with van der Waals surface area (Å²) >= 11 is 0. The SMILES string of the molecule is C.C=CC(=O)NCNC(=O)C=C.C=CN1CCCC1=O.CCC(C)C(=O)NCNC(=O)C(CC)C(C)(C)CC(C)N1CCCC1=O.Cc1cc(C)c(C(=O)P(=O)([O-])c2ccccc2)c(C)c1.[Li+]. The average molecular weight is 943 g/mol. The van der Waals surface area contributed by atoms with Gasteiger partial charge in [-0.1, -0.05) is 110 Å². The molecule has 4 N–H and O–H groups in total. The zero-order chi connectivity index (χ0) is 49.5. The van der Waals surface area contributed by atoms with Crippen molar-refractivity contribution in [1.82, 2.24) is 31.1 Å². The zero-order valence-electron chi connectivity index (χ0n) is 40.9. The number of amides is 6. The first-order valence-corrected chi connectivity index (χ1v) is 23.7. The number of carbonyl (C=O) groups is 7. The van der Waals surface area contributed by atoms with Gasteiger partial charge in [-0.2, -0.15) is 0 Å². The third-order valence-corrected chi connectivity index (χ3v) is 12.9. The second-order valence-corrected chi connectivity index (χ2v) is 18.8. The molecule has 2 aliphatic rings. The molecule has 0 radical (unpaired) electrons. The number of hydrogen-bond donors (Lipinski definition) is 4. The standard InChI is InChI=1S/C20H37N3O3.C16H17O3P.C7H10N2O2.C6H9NO.CH4.Li/c1-7-14(3)18(25)21-13-22-19(26)16(8-2)20(5,6)12-15(4)23-11-9-10-17(23)24;1-11-9-12(2)15(13(3)10-11)16(17)20(18,19)14-7-5-4-6-8-14;1-3-6(10)8-5-9-7(11)4-2;1-2-7-5-3-4-6(7)8;;/h14-16H,7-13H2,1-6H3,(H,21,25)(H,22,26);4-10H,1-3H3,(H,18,19);3-4H,1-2,5H2,(H,8,10)(H,9,11);2H,1,3-5H2;1H4;/q;;;;;+1/p-1. The first-order valence-electron chi connectivity index (χ1n) is 22.1. The van der Waals surface area contributed by atoms with Crippen molar-refractivity contribution in [2.45, 2.75) is 121 Å². The average Bonchev–Trinajstić information content (AvgIpc) is 3.90. The van der Waals surface area contributed by atoms with E-state index in [1.54, 1.807) is 43.1 Å². The van der Waals surface area contributed by atoms with Gasteiger partial charge in [-0.15, -0.1) is 0 Å². The van der Waals surface area contributed by atoms with Crippen molar-refractivity contribution in [1.29, 1.82) is 0 Å². The Balaban J connectivity index is 0. The molecule has 2 heterocycles. The Bertz CT molecular complexity index is 2000. The summed E-state index contributed by atoms with van der Waals surface area (Å²) in [5.41, 5.74) is 1.65. The number of likely N-dealkylation sites (tertiary alicyclic amines) is 2. The first kappa shape index (κ1) is 64.0. The van der Waals surface area contributed by atoms with Crippen LogP contribution in [-0.4, -0.2) is 83.2 Å². The first-order chi connectivity index (χ1) is 30.5. The molecule has 366 valence electrons. The van der Waals surface area contributed by atoms with Crippen LogP contribution < -0.4 is 50.3 Å². The maximum Gasteiger partial charge on any atom is 1.00 e. The quantitative estimate of drug-likeness (QED) is 0.0746. The number of rotatable bonds is 18. The summed E-state index contributed by atoms with van der Waals surface area (Å²) in [6.45, 7) is 29.4. The molecule has 0 bridgehead atoms. The number of benzene rings is 2. The Morgan fingerprint density at radius 3 is 1.70 bits per heavy atom. The summed E-state index contributed by atoms with van der Waals surface area (Å²) in [6.07, 6.45) is 9.38. The van der Waals surface area contributed by atoms with Crippen LogP contribution in [0.15, 0.2) is 80.6 Å². The molecule has 6 amide bonds. The molecule has 15 nitrogen and oxygen atoms in total. The zero-order valence-corrected chi connectivity index (χ0v) is 41.8. The molecule has 2 aromatic carbocycles. The second-order valence-electron chi connectivity index (χ2n) is 16.8. The van der Waals surface area contributed by atoms with Crippen molar-refractivity contribution in [2.24, 2.45) is 17.3 Å². The van der Waals surface area contributed by atoms with Crippen LogP contribution in [0.4, 0.5) is 0 Å². The fourth-order valence-electron chi connectivity index (χ4n) is 7.57. The van der Waals surface area contributed by atoms with Crippen LogP contribution in [0.1, 0.15) is 121 Å². The van der Waals surface area contributed by atoms with Crippen LogP contribution in [0.3, 0.4) is 0 Å². The van der Waals surface area contributed by atoms with Crippen LogP contribution in [0.25, 0.3) is 0 Å². The summed E-state index contributed by atoms with van der Waals surface area (Å²) < 4.78 is 12.4. The van der Waals surface area contributed by atoms with Crippen molar-refractivity contribution in [3.8, 4) is 0 Å². The molecule has 2 fully saturated rings. The minimum absolute atomic E-state index is 0. The summed E-state index contributed by atoms with van der Waals surface area (Å²) in [7, 11) is -4.32. The molecule has 4 atom stereocenters. The van der Waals surface area contributed by atoms with Crippen molar-refractivity contribution in [3.63, 3.8) is 0 Å². The molecule has 4 unspecified atom stereocenters. The van der Waals surface area contributed by atoms with E-state index in [0.29, 0.717) is 24.0 Å². The van der Waals surface area contributed by atoms with E-state index in [1.807, 2.05) is 44.7 Å². The Morgan fingerprint density at radius 2 is 1.28 bits per heavy atom. The smallest absolute Gasteiger partial charge is 0.790 e. The van der Waals surface area contributed by atoms with Gasteiger partial charge in [0.15, 0.2) is 0 Å². The van der Waals surface area contributed by atoms with Gasteiger partial charge in [-0.3, -0.25) is 33.6 Å². The number of nitrogens with zero attached hydrogens (tertiary/aromatic N) is 2. The molecule has 17 heteroatoms. The van der Waals surface area contributed by atoms with E-state index in [2.05, 4.69) is 61.8 Å². The fourth-order valence-corrected chi connectivity index (χ4v) is 9.02. The molecule has 2 saturated heterocycles. The summed E-state index contributed by atoms with van der Waals surface area (Å²) in [5.74, 6) is -0.516. The Labute approximate surface area is 412 Å². The third kappa shape index (κ3) is 21.2. The van der Waals surface area contributed by atoms with Crippen LogP contribution in [0.2, 0.25) is 0 Å². The van der Waals surface area contributed by atoms with E-state index in [0.717, 1.165) is 62.9 Å². The van der Waals surface area contributed by atoms with Crippen LogP contribution in [0.5, 0.6) is 0 Å². The van der Waals surface area contributed by atoms with Crippen LogP contribution in [0, 0.1) is 38.0 Å². The Hall–Kier alpha value is -5.06. The van der Waals surface area contributed by atoms with Gasteiger partial charge in [0, 0.05) is 54.7 Å². The predicted octanol–water partition coefficient (Wildman–Crippen LogP) is 3.33. The normalized spacial score (nSPS) is 14.9. The molecule has 0 aliphatic carbocycles. The van der Waals surface area contributed by atoms with E-state index in [9.17, 15) is 43.0 Å². The summed E-state index contributed by atoms with van der Waals surface area (Å²) in [4.78, 5) is 96.5. The van der Waals surface area contributed by atoms with Crippen LogP contribution >= 0.6 is 7.37 Å². The summed E-state index contributed by atoms with van der Waals surface area (Å²) in [6, 6.07) is 11.6. The number of aryl methyl sites for hydroxylation is 3. The molecular formula is C50H76LiN6O9P. The fraction of sp³-hybridized carbons (Fsp3) is 0.500. The van der Waals surface area contributed by atoms with Crippen molar-refractivity contribution >= 4 is 53.6 Å². The van der Waals surface area contributed by atoms with Crippen LogP contribution in [-0.2, 0) is 33.3 Å². The van der Waals surface area contributed by atoms with Gasteiger partial charge in [-0.05, 0) is 94.7 Å². The molecule has 0 saturated carbocycles. The van der Waals surface area contributed by atoms with Gasteiger partial charge < -0.3 is 40.5 Å². The monoisotopic (exact) mass is 943 g/mol. The number of carbonyl (C=O) groups excluding carboxylic acids is 7. The van der Waals surface area contributed by atoms with E-state index in [1.165, 1.54) is 12.1 Å². The molecule has 0 spiro atoms. The molecule has 2 aliphatic heterocycles. The molecule has 0 aromatic heterocycles. The van der Waals surface area contributed by atoms with Gasteiger partial charge >= 0.3 is 18.9 Å². The predicted molar refractivity (Wildman–Crippen MR) is 261 cm³/mol. The second kappa shape index (κ2) is 31.8. The van der Waals surface area contributed by atoms with Gasteiger partial charge in [0.1, 0.15) is 7.37 Å². The van der Waals surface area contributed by atoms with Gasteiger partial charge in [0.2, 0.25) is 41.0 Å². The van der Waals surface area contributed by atoms with Gasteiger partial charge in [-0.25, -0.2) is 0 Å². The van der Waals surface area contributed by atoms with Gasteiger partial charge in [0.25, 0.3) is 0 Å². The molecule has 67 heavy (non-hydrogen) atoms. The number of nitrogens with one attached hydrogen (secondary N) is 4. The Kier molecular flexibility index (Phi) is 30.4. The molecular weight excluding hydrogens is 866 g/mol. The number of hydrogen-bond acceptors (Lipinski definition) is 9. The van der Waals surface area contributed by atoms with E-state index in [-0.39, 0.29) is 109 Å². The molecule has 2 aromatic rings. The Morgan fingerprint density at radius 1 is 0.791 bits per heavy atom. The minimum atomic E-state index is -4.32. The van der Waals surface area contributed by atoms with Crippen molar-refractivity contribution in [2.75, 3.05) is 26.4 Å². The maximum absolute atomic E-state index is 12.7.